The third-order valence-electron chi connectivity index (χ3n) is 2.93. The molecule has 0 amide bonds. The Morgan fingerprint density at radius 1 is 1.40 bits per heavy atom. The first-order chi connectivity index (χ1) is 9.40. The first kappa shape index (κ1) is 13.9. The summed E-state index contributed by atoms with van der Waals surface area (Å²) < 4.78 is 7.14. The summed E-state index contributed by atoms with van der Waals surface area (Å²) in [6.07, 6.45) is 0. The van der Waals surface area contributed by atoms with Crippen LogP contribution in [0.25, 0.3) is 0 Å². The Balaban J connectivity index is 2.40. The van der Waals surface area contributed by atoms with Crippen LogP contribution in [-0.2, 0) is 7.05 Å². The number of carboxylic acids is 1. The van der Waals surface area contributed by atoms with Crippen molar-refractivity contribution in [3.63, 3.8) is 0 Å². The maximum atomic E-state index is 11.3. The lowest BCUT2D eigenvalue weighted by atomic mass is 10.2. The predicted octanol–water partition coefficient (Wildman–Crippen LogP) is 2.29. The van der Waals surface area contributed by atoms with E-state index in [1.54, 1.807) is 20.0 Å². The zero-order valence-electron chi connectivity index (χ0n) is 11.9. The van der Waals surface area contributed by atoms with Crippen LogP contribution in [0.1, 0.15) is 16.1 Å². The van der Waals surface area contributed by atoms with Crippen molar-refractivity contribution in [2.24, 2.45) is 7.05 Å². The van der Waals surface area contributed by atoms with Crippen molar-refractivity contribution in [3.8, 4) is 11.6 Å². The Kier molecular flexibility index (Phi) is 3.65. The van der Waals surface area contributed by atoms with E-state index in [0.29, 0.717) is 11.4 Å². The van der Waals surface area contributed by atoms with Gasteiger partial charge in [0.2, 0.25) is 5.88 Å². The molecule has 6 heteroatoms. The lowest BCUT2D eigenvalue weighted by Gasteiger charge is -2.14. The fourth-order valence-corrected chi connectivity index (χ4v) is 1.94. The highest BCUT2D eigenvalue weighted by Crippen LogP contribution is 2.29. The summed E-state index contributed by atoms with van der Waals surface area (Å²) in [6, 6.07) is 7.42. The number of hydrogen-bond acceptors (Lipinski definition) is 4. The molecule has 0 bridgehead atoms. The van der Waals surface area contributed by atoms with Gasteiger partial charge < -0.3 is 14.7 Å². The molecule has 20 heavy (non-hydrogen) atoms. The maximum absolute atomic E-state index is 11.3. The Labute approximate surface area is 117 Å². The summed E-state index contributed by atoms with van der Waals surface area (Å²) in [6.45, 7) is 1.65. The topological polar surface area (TPSA) is 67.6 Å². The third-order valence-corrected chi connectivity index (χ3v) is 2.93. The number of rotatable bonds is 4. The van der Waals surface area contributed by atoms with Gasteiger partial charge >= 0.3 is 5.97 Å². The average Bonchev–Trinajstić information content (AvgIpc) is 2.64. The molecule has 0 unspecified atom stereocenters. The SMILES string of the molecule is Cc1nn(C)c(Oc2cccc(N(C)C)c2)c1C(=O)O. The number of aryl methyl sites for hydroxylation is 2. The second-order valence-electron chi connectivity index (χ2n) is 4.69. The number of carboxylic acid groups (broad SMARTS) is 1. The van der Waals surface area contributed by atoms with E-state index in [-0.39, 0.29) is 11.4 Å². The number of hydrogen-bond donors (Lipinski definition) is 1. The summed E-state index contributed by atoms with van der Waals surface area (Å²) in [5.41, 5.74) is 1.49. The van der Waals surface area contributed by atoms with Crippen LogP contribution in [0.2, 0.25) is 0 Å². The van der Waals surface area contributed by atoms with Crippen LogP contribution in [-0.4, -0.2) is 35.0 Å². The monoisotopic (exact) mass is 275 g/mol. The van der Waals surface area contributed by atoms with Gasteiger partial charge in [0.05, 0.1) is 5.69 Å². The summed E-state index contributed by atoms with van der Waals surface area (Å²) in [7, 11) is 5.51. The van der Waals surface area contributed by atoms with Crippen molar-refractivity contribution < 1.29 is 14.6 Å². The summed E-state index contributed by atoms with van der Waals surface area (Å²) >= 11 is 0. The highest BCUT2D eigenvalue weighted by atomic mass is 16.5. The second kappa shape index (κ2) is 5.24. The van der Waals surface area contributed by atoms with E-state index < -0.39 is 5.97 Å². The van der Waals surface area contributed by atoms with Crippen molar-refractivity contribution in [3.05, 3.63) is 35.5 Å². The van der Waals surface area contributed by atoms with Gasteiger partial charge in [-0.05, 0) is 19.1 Å². The van der Waals surface area contributed by atoms with Crippen LogP contribution >= 0.6 is 0 Å². The molecule has 0 radical (unpaired) electrons. The van der Waals surface area contributed by atoms with Crippen LogP contribution in [0.4, 0.5) is 5.69 Å². The van der Waals surface area contributed by atoms with Crippen molar-refractivity contribution in [2.45, 2.75) is 6.92 Å². The highest BCUT2D eigenvalue weighted by molar-refractivity contribution is 5.91. The molecule has 1 heterocycles. The van der Waals surface area contributed by atoms with Crippen LogP contribution in [0.3, 0.4) is 0 Å². The molecule has 0 aliphatic heterocycles. The van der Waals surface area contributed by atoms with E-state index in [4.69, 9.17) is 4.74 Å². The van der Waals surface area contributed by atoms with Gasteiger partial charge in [-0.2, -0.15) is 5.10 Å². The molecular formula is C14H17N3O3. The van der Waals surface area contributed by atoms with E-state index in [2.05, 4.69) is 5.10 Å². The van der Waals surface area contributed by atoms with Crippen LogP contribution < -0.4 is 9.64 Å². The first-order valence-corrected chi connectivity index (χ1v) is 6.12. The summed E-state index contributed by atoms with van der Waals surface area (Å²) in [5.74, 6) is -0.248. The minimum Gasteiger partial charge on any atom is -0.477 e. The molecule has 106 valence electrons. The molecule has 1 aromatic carbocycles. The fraction of sp³-hybridized carbons (Fsp3) is 0.286. The molecule has 6 nitrogen and oxygen atoms in total. The summed E-state index contributed by atoms with van der Waals surface area (Å²) in [4.78, 5) is 13.2. The molecule has 0 fully saturated rings. The predicted molar refractivity (Wildman–Crippen MR) is 75.7 cm³/mol. The van der Waals surface area contributed by atoms with Gasteiger partial charge in [0, 0.05) is 32.9 Å². The van der Waals surface area contributed by atoms with Crippen LogP contribution in [0.15, 0.2) is 24.3 Å². The lowest BCUT2D eigenvalue weighted by Crippen LogP contribution is -2.08. The Hall–Kier alpha value is -2.50. The highest BCUT2D eigenvalue weighted by Gasteiger charge is 2.21. The number of carbonyl (C=O) groups is 1. The van der Waals surface area contributed by atoms with Crippen molar-refractivity contribution in [2.75, 3.05) is 19.0 Å². The molecule has 0 atom stereocenters. The number of anilines is 1. The van der Waals surface area contributed by atoms with E-state index in [1.807, 2.05) is 37.2 Å². The lowest BCUT2D eigenvalue weighted by molar-refractivity contribution is 0.0693. The Bertz CT molecular complexity index is 647. The maximum Gasteiger partial charge on any atom is 0.343 e. The fourth-order valence-electron chi connectivity index (χ4n) is 1.94. The first-order valence-electron chi connectivity index (χ1n) is 6.12. The number of benzene rings is 1. The molecule has 0 spiro atoms. The molecule has 2 rings (SSSR count). The smallest absolute Gasteiger partial charge is 0.343 e. The molecule has 0 aliphatic rings. The van der Waals surface area contributed by atoms with E-state index in [9.17, 15) is 9.90 Å². The van der Waals surface area contributed by atoms with E-state index in [0.717, 1.165) is 5.69 Å². The van der Waals surface area contributed by atoms with Crippen LogP contribution in [0, 0.1) is 6.92 Å². The average molecular weight is 275 g/mol. The number of ether oxygens (including phenoxy) is 1. The van der Waals surface area contributed by atoms with Crippen molar-refractivity contribution in [1.82, 2.24) is 9.78 Å². The van der Waals surface area contributed by atoms with Gasteiger partial charge in [-0.1, -0.05) is 6.07 Å². The van der Waals surface area contributed by atoms with Gasteiger partial charge in [-0.25, -0.2) is 9.48 Å². The largest absolute Gasteiger partial charge is 0.477 e. The van der Waals surface area contributed by atoms with Gasteiger partial charge in [0.1, 0.15) is 11.3 Å². The molecule has 1 aromatic heterocycles. The minimum atomic E-state index is -1.05. The quantitative estimate of drug-likeness (QED) is 0.927. The van der Waals surface area contributed by atoms with E-state index in [1.165, 1.54) is 4.68 Å². The van der Waals surface area contributed by atoms with Gasteiger partial charge in [0.15, 0.2) is 0 Å². The van der Waals surface area contributed by atoms with E-state index >= 15 is 0 Å². The van der Waals surface area contributed by atoms with Gasteiger partial charge in [0.25, 0.3) is 0 Å². The molecule has 2 aromatic rings. The van der Waals surface area contributed by atoms with Gasteiger partial charge in [-0.15, -0.1) is 0 Å². The second-order valence-corrected chi connectivity index (χ2v) is 4.69. The molecular weight excluding hydrogens is 258 g/mol. The minimum absolute atomic E-state index is 0.0859. The number of aromatic carboxylic acids is 1. The number of nitrogens with zero attached hydrogens (tertiary/aromatic N) is 3. The van der Waals surface area contributed by atoms with Gasteiger partial charge in [-0.3, -0.25) is 0 Å². The van der Waals surface area contributed by atoms with Crippen molar-refractivity contribution >= 4 is 11.7 Å². The molecule has 1 N–H and O–H groups in total. The van der Waals surface area contributed by atoms with Crippen LogP contribution in [0.5, 0.6) is 11.6 Å². The third kappa shape index (κ3) is 2.59. The number of aromatic nitrogens is 2. The normalized spacial score (nSPS) is 10.4. The van der Waals surface area contributed by atoms with Crippen molar-refractivity contribution in [1.29, 1.82) is 0 Å². The molecule has 0 saturated heterocycles. The zero-order chi connectivity index (χ0) is 14.9. The standard InChI is InChI=1S/C14H17N3O3/c1-9-12(14(18)19)13(17(4)15-9)20-11-7-5-6-10(8-11)16(2)3/h5-8H,1-4H3,(H,18,19). The Morgan fingerprint density at radius 3 is 2.70 bits per heavy atom. The Morgan fingerprint density at radius 2 is 2.10 bits per heavy atom. The molecule has 0 saturated carbocycles. The zero-order valence-corrected chi connectivity index (χ0v) is 11.9. The molecule has 0 aliphatic carbocycles. The summed E-state index contributed by atoms with van der Waals surface area (Å²) in [5, 5.41) is 13.3.